The van der Waals surface area contributed by atoms with Gasteiger partial charge in [-0.05, 0) is 0 Å². The summed E-state index contributed by atoms with van der Waals surface area (Å²) in [6.45, 7) is 0. The minimum absolute atomic E-state index is 0.0517. The standard InChI is InChI=1S/C4H3O4P/c5-3-1-2(9-7)4(6)8-3/h2H,1H2. The number of carbonyl (C=O) groups is 2. The Balaban J connectivity index is 2.68. The van der Waals surface area contributed by atoms with Gasteiger partial charge in [0.25, 0.3) is 0 Å². The molecule has 0 aromatic rings. The Morgan fingerprint density at radius 3 is 2.44 bits per heavy atom. The molecule has 1 rings (SSSR count). The Labute approximate surface area is 52.4 Å². The van der Waals surface area contributed by atoms with Crippen molar-refractivity contribution in [2.75, 3.05) is 0 Å². The third kappa shape index (κ3) is 1.13. The minimum atomic E-state index is -0.752. The SMILES string of the molecule is O=PC1CC(=O)OC1=O. The summed E-state index contributed by atoms with van der Waals surface area (Å²) in [5, 5.41) is 0. The lowest BCUT2D eigenvalue weighted by molar-refractivity contribution is -0.151. The first-order chi connectivity index (χ1) is 4.24. The van der Waals surface area contributed by atoms with Crippen LogP contribution in [0.15, 0.2) is 0 Å². The highest BCUT2D eigenvalue weighted by Crippen LogP contribution is 2.19. The van der Waals surface area contributed by atoms with Gasteiger partial charge in [0.2, 0.25) is 0 Å². The van der Waals surface area contributed by atoms with Gasteiger partial charge in [0.15, 0.2) is 8.46 Å². The van der Waals surface area contributed by atoms with Gasteiger partial charge < -0.3 is 4.74 Å². The molecule has 0 bridgehead atoms. The van der Waals surface area contributed by atoms with E-state index in [2.05, 4.69) is 4.74 Å². The molecule has 9 heavy (non-hydrogen) atoms. The largest absolute Gasteiger partial charge is 0.392 e. The zero-order valence-corrected chi connectivity index (χ0v) is 5.26. The third-order valence-corrected chi connectivity index (χ3v) is 1.62. The number of hydrogen-bond donors (Lipinski definition) is 0. The van der Waals surface area contributed by atoms with Crippen LogP contribution < -0.4 is 0 Å². The predicted molar refractivity (Wildman–Crippen MR) is 27.1 cm³/mol. The van der Waals surface area contributed by atoms with Crippen LogP contribution in [0.3, 0.4) is 0 Å². The van der Waals surface area contributed by atoms with Gasteiger partial charge in [0.1, 0.15) is 5.66 Å². The highest BCUT2D eigenvalue weighted by atomic mass is 31.1. The molecule has 1 saturated heterocycles. The summed E-state index contributed by atoms with van der Waals surface area (Å²) in [5.74, 6) is -1.27. The second-order valence-electron chi connectivity index (χ2n) is 1.62. The molecule has 1 aliphatic heterocycles. The maximum absolute atomic E-state index is 10.4. The Morgan fingerprint density at radius 2 is 2.22 bits per heavy atom. The maximum Gasteiger partial charge on any atom is 0.328 e. The van der Waals surface area contributed by atoms with E-state index in [0.29, 0.717) is 0 Å². The number of cyclic esters (lactones) is 2. The molecule has 48 valence electrons. The molecule has 1 fully saturated rings. The van der Waals surface area contributed by atoms with Crippen LogP contribution in [0, 0.1) is 0 Å². The van der Waals surface area contributed by atoms with Crippen LogP contribution in [-0.2, 0) is 18.9 Å². The number of hydrogen-bond acceptors (Lipinski definition) is 4. The fourth-order valence-corrected chi connectivity index (χ4v) is 0.906. The van der Waals surface area contributed by atoms with Crippen molar-refractivity contribution in [3.05, 3.63) is 0 Å². The molecule has 0 N–H and O–H groups in total. The van der Waals surface area contributed by atoms with Crippen LogP contribution in [0.5, 0.6) is 0 Å². The van der Waals surface area contributed by atoms with Crippen LogP contribution in [0.4, 0.5) is 0 Å². The second-order valence-corrected chi connectivity index (χ2v) is 2.45. The zero-order chi connectivity index (χ0) is 6.85. The summed E-state index contributed by atoms with van der Waals surface area (Å²) in [7, 11) is -0.334. The van der Waals surface area contributed by atoms with Crippen molar-refractivity contribution < 1.29 is 18.9 Å². The maximum atomic E-state index is 10.4. The topological polar surface area (TPSA) is 60.4 Å². The van der Waals surface area contributed by atoms with Gasteiger partial charge >= 0.3 is 11.9 Å². The fraction of sp³-hybridized carbons (Fsp3) is 0.500. The molecule has 0 aromatic carbocycles. The van der Waals surface area contributed by atoms with E-state index in [1.165, 1.54) is 0 Å². The van der Waals surface area contributed by atoms with E-state index in [0.717, 1.165) is 0 Å². The van der Waals surface area contributed by atoms with Gasteiger partial charge in [-0.25, -0.2) is 0 Å². The Morgan fingerprint density at radius 1 is 1.56 bits per heavy atom. The molecule has 1 aliphatic rings. The van der Waals surface area contributed by atoms with E-state index in [4.69, 9.17) is 0 Å². The molecule has 1 unspecified atom stereocenters. The number of ether oxygens (including phenoxy) is 1. The molecule has 0 radical (unpaired) electrons. The van der Waals surface area contributed by atoms with E-state index in [9.17, 15) is 14.2 Å². The Bertz CT molecular complexity index is 175. The van der Waals surface area contributed by atoms with Gasteiger partial charge in [-0.15, -0.1) is 0 Å². The summed E-state index contributed by atoms with van der Waals surface area (Å²) < 4.78 is 14.1. The summed E-state index contributed by atoms with van der Waals surface area (Å²) >= 11 is 0. The first-order valence-electron chi connectivity index (χ1n) is 2.31. The smallest absolute Gasteiger partial charge is 0.328 e. The van der Waals surface area contributed by atoms with Crippen LogP contribution >= 0.6 is 8.46 Å². The Hall–Kier alpha value is -0.760. The highest BCUT2D eigenvalue weighted by molar-refractivity contribution is 7.26. The van der Waals surface area contributed by atoms with Crippen molar-refractivity contribution >= 4 is 20.4 Å². The summed E-state index contributed by atoms with van der Waals surface area (Å²) in [6.07, 6.45) is -0.0517. The summed E-state index contributed by atoms with van der Waals surface area (Å²) in [5.41, 5.74) is -0.752. The van der Waals surface area contributed by atoms with E-state index < -0.39 is 17.6 Å². The van der Waals surface area contributed by atoms with Crippen molar-refractivity contribution in [1.82, 2.24) is 0 Å². The van der Waals surface area contributed by atoms with Gasteiger partial charge in [-0.3, -0.25) is 14.2 Å². The van der Waals surface area contributed by atoms with Gasteiger partial charge in [-0.2, -0.15) is 0 Å². The Kier molecular flexibility index (Phi) is 1.58. The molecule has 1 atom stereocenters. The molecule has 5 heteroatoms. The number of esters is 2. The lowest BCUT2D eigenvalue weighted by atomic mass is 10.4. The highest BCUT2D eigenvalue weighted by Gasteiger charge is 2.33. The summed E-state index contributed by atoms with van der Waals surface area (Å²) in [6, 6.07) is 0. The molecule has 0 saturated carbocycles. The number of carbonyl (C=O) groups excluding carboxylic acids is 2. The normalized spacial score (nSPS) is 26.9. The average Bonchev–Trinajstić information content (AvgIpc) is 2.10. The first-order valence-corrected chi connectivity index (χ1v) is 3.19. The van der Waals surface area contributed by atoms with E-state index in [1.54, 1.807) is 0 Å². The molecule has 1 heterocycles. The molecular formula is C4H3O4P. The van der Waals surface area contributed by atoms with Gasteiger partial charge in [-0.1, -0.05) is 0 Å². The lowest BCUT2D eigenvalue weighted by Crippen LogP contribution is -2.05. The predicted octanol–water partition coefficient (Wildman–Crippen LogP) is 0.120. The van der Waals surface area contributed by atoms with Crippen molar-refractivity contribution in [2.45, 2.75) is 12.1 Å². The van der Waals surface area contributed by atoms with Crippen molar-refractivity contribution in [1.29, 1.82) is 0 Å². The van der Waals surface area contributed by atoms with E-state index >= 15 is 0 Å². The van der Waals surface area contributed by atoms with Crippen molar-refractivity contribution in [3.63, 3.8) is 0 Å². The molecule has 0 aromatic heterocycles. The average molecular weight is 146 g/mol. The number of rotatable bonds is 1. The van der Waals surface area contributed by atoms with Crippen molar-refractivity contribution in [3.8, 4) is 0 Å². The molecule has 0 spiro atoms. The quantitative estimate of drug-likeness (QED) is 0.299. The lowest BCUT2D eigenvalue weighted by Gasteiger charge is -1.84. The molecular weight excluding hydrogens is 143 g/mol. The minimum Gasteiger partial charge on any atom is -0.392 e. The molecule has 0 aliphatic carbocycles. The van der Waals surface area contributed by atoms with Crippen molar-refractivity contribution in [2.24, 2.45) is 0 Å². The van der Waals surface area contributed by atoms with Crippen LogP contribution in [0.1, 0.15) is 6.42 Å². The monoisotopic (exact) mass is 146 g/mol. The fourth-order valence-electron chi connectivity index (χ4n) is 0.543. The molecule has 4 nitrogen and oxygen atoms in total. The summed E-state index contributed by atoms with van der Waals surface area (Å²) in [4.78, 5) is 20.6. The van der Waals surface area contributed by atoms with Crippen LogP contribution in [0.2, 0.25) is 0 Å². The van der Waals surface area contributed by atoms with E-state index in [1.807, 2.05) is 0 Å². The van der Waals surface area contributed by atoms with Gasteiger partial charge in [0, 0.05) is 0 Å². The van der Waals surface area contributed by atoms with Crippen LogP contribution in [0.25, 0.3) is 0 Å². The van der Waals surface area contributed by atoms with E-state index in [-0.39, 0.29) is 14.9 Å². The second kappa shape index (κ2) is 2.23. The zero-order valence-electron chi connectivity index (χ0n) is 4.36. The third-order valence-electron chi connectivity index (χ3n) is 0.974. The first kappa shape index (κ1) is 6.36. The van der Waals surface area contributed by atoms with Crippen LogP contribution in [-0.4, -0.2) is 17.6 Å². The van der Waals surface area contributed by atoms with Gasteiger partial charge in [0.05, 0.1) is 6.42 Å². The molecule has 0 amide bonds.